The molecule has 0 bridgehead atoms. The zero-order valence-electron chi connectivity index (χ0n) is 21.4. The number of hydrogen-bond acceptors (Lipinski definition) is 10. The number of ether oxygens (including phenoxy) is 7. The van der Waals surface area contributed by atoms with Crippen molar-refractivity contribution in [1.29, 1.82) is 0 Å². The van der Waals surface area contributed by atoms with E-state index in [4.69, 9.17) is 33.2 Å². The minimum absolute atomic E-state index is 0.0258. The van der Waals surface area contributed by atoms with Gasteiger partial charge in [0.15, 0.2) is 0 Å². The first kappa shape index (κ1) is 31.7. The molecule has 11 heteroatoms. The molecule has 0 spiro atoms. The lowest BCUT2D eigenvalue weighted by Crippen LogP contribution is -2.15. The fraction of sp³-hybridized carbons (Fsp3) is 0.720. The van der Waals surface area contributed by atoms with E-state index >= 15 is 0 Å². The Bertz CT molecular complexity index is 671. The molecule has 206 valence electrons. The van der Waals surface area contributed by atoms with Crippen LogP contribution in [-0.2, 0) is 33.2 Å². The highest BCUT2D eigenvalue weighted by atomic mass is 16.6. The van der Waals surface area contributed by atoms with Crippen LogP contribution in [0.2, 0.25) is 0 Å². The maximum absolute atomic E-state index is 11.5. The molecule has 0 radical (unpaired) electrons. The summed E-state index contributed by atoms with van der Waals surface area (Å²) in [5.41, 5.74) is 0.0258. The van der Waals surface area contributed by atoms with Gasteiger partial charge in [0.05, 0.1) is 71.0 Å². The van der Waals surface area contributed by atoms with Gasteiger partial charge in [0, 0.05) is 18.6 Å². The predicted octanol–water partition coefficient (Wildman–Crippen LogP) is 3.57. The van der Waals surface area contributed by atoms with Crippen molar-refractivity contribution in [1.82, 2.24) is 0 Å². The molecule has 1 aromatic rings. The molecule has 0 aromatic heterocycles. The average Bonchev–Trinajstić information content (AvgIpc) is 2.88. The lowest BCUT2D eigenvalue weighted by atomic mass is 10.2. The second-order valence-electron chi connectivity index (χ2n) is 7.69. The van der Waals surface area contributed by atoms with Gasteiger partial charge in [0.1, 0.15) is 19.0 Å². The lowest BCUT2D eigenvalue weighted by molar-refractivity contribution is -0.384. The number of esters is 1. The molecule has 0 heterocycles. The van der Waals surface area contributed by atoms with E-state index in [1.807, 2.05) is 0 Å². The van der Waals surface area contributed by atoms with E-state index in [-0.39, 0.29) is 18.3 Å². The molecule has 0 aliphatic carbocycles. The number of carbonyl (C=O) groups excluding carboxylic acids is 1. The highest BCUT2D eigenvalue weighted by Gasteiger charge is 2.04. The van der Waals surface area contributed by atoms with Crippen LogP contribution < -0.4 is 4.74 Å². The Labute approximate surface area is 213 Å². The van der Waals surface area contributed by atoms with Gasteiger partial charge in [0.25, 0.3) is 5.69 Å². The monoisotopic (exact) mass is 515 g/mol. The molecule has 0 saturated heterocycles. The number of rotatable bonds is 25. The highest BCUT2D eigenvalue weighted by Crippen LogP contribution is 2.17. The topological polar surface area (TPSA) is 125 Å². The molecular weight excluding hydrogens is 474 g/mol. The van der Waals surface area contributed by atoms with Gasteiger partial charge in [-0.05, 0) is 18.6 Å². The van der Waals surface area contributed by atoms with E-state index in [9.17, 15) is 14.9 Å². The highest BCUT2D eigenvalue weighted by molar-refractivity contribution is 5.69. The quantitative estimate of drug-likeness (QED) is 0.0826. The molecule has 0 aliphatic heterocycles. The van der Waals surface area contributed by atoms with E-state index in [0.717, 1.165) is 25.7 Å². The number of unbranched alkanes of at least 4 members (excludes halogenated alkanes) is 3. The Morgan fingerprint density at radius 1 is 0.694 bits per heavy atom. The first-order valence-electron chi connectivity index (χ1n) is 12.5. The van der Waals surface area contributed by atoms with Crippen LogP contribution in [0.25, 0.3) is 0 Å². The minimum atomic E-state index is -0.454. The predicted molar refractivity (Wildman–Crippen MR) is 132 cm³/mol. The average molecular weight is 516 g/mol. The first-order chi connectivity index (χ1) is 17.6. The van der Waals surface area contributed by atoms with Crippen LogP contribution in [-0.4, -0.2) is 90.2 Å². The normalized spacial score (nSPS) is 10.9. The maximum Gasteiger partial charge on any atom is 0.305 e. The summed E-state index contributed by atoms with van der Waals surface area (Å²) in [4.78, 5) is 21.6. The molecule has 11 nitrogen and oxygen atoms in total. The number of nitrogens with zero attached hydrogens (tertiary/aromatic N) is 1. The molecule has 1 aromatic carbocycles. The molecular formula is C25H41NO10. The van der Waals surface area contributed by atoms with Gasteiger partial charge < -0.3 is 33.2 Å². The number of carbonyl (C=O) groups is 1. The number of non-ortho nitro benzene ring substituents is 1. The minimum Gasteiger partial charge on any atom is -0.491 e. The summed E-state index contributed by atoms with van der Waals surface area (Å²) in [6.45, 7) is 7.16. The van der Waals surface area contributed by atoms with Crippen LogP contribution in [0.4, 0.5) is 5.69 Å². The second kappa shape index (κ2) is 23.1. The van der Waals surface area contributed by atoms with Gasteiger partial charge in [-0.15, -0.1) is 0 Å². The van der Waals surface area contributed by atoms with Gasteiger partial charge >= 0.3 is 5.97 Å². The fourth-order valence-electron chi connectivity index (χ4n) is 2.85. The molecule has 0 saturated carbocycles. The van der Waals surface area contributed by atoms with Crippen LogP contribution in [0.15, 0.2) is 24.3 Å². The molecule has 0 fully saturated rings. The number of nitro groups is 1. The van der Waals surface area contributed by atoms with Crippen molar-refractivity contribution in [3.63, 3.8) is 0 Å². The van der Waals surface area contributed by atoms with Gasteiger partial charge in [0.2, 0.25) is 0 Å². The Morgan fingerprint density at radius 2 is 1.17 bits per heavy atom. The third kappa shape index (κ3) is 18.9. The Hall–Kier alpha value is -2.31. The SMILES string of the molecule is CCCCCCC(=O)OCCOCCOCCOCCOCCOCCOc1ccc([N+](=O)[O-])cc1. The van der Waals surface area contributed by atoms with Crippen LogP contribution in [0.1, 0.15) is 39.0 Å². The number of benzene rings is 1. The van der Waals surface area contributed by atoms with E-state index in [2.05, 4.69) is 6.92 Å². The van der Waals surface area contributed by atoms with Crippen LogP contribution in [0, 0.1) is 10.1 Å². The summed E-state index contributed by atoms with van der Waals surface area (Å²) < 4.78 is 37.6. The van der Waals surface area contributed by atoms with Gasteiger partial charge in [-0.3, -0.25) is 14.9 Å². The zero-order valence-corrected chi connectivity index (χ0v) is 21.4. The van der Waals surface area contributed by atoms with Crippen LogP contribution in [0.3, 0.4) is 0 Å². The third-order valence-corrected chi connectivity index (χ3v) is 4.76. The standard InChI is InChI=1S/C25H41NO10/c1-2-3-4-5-6-25(27)36-22-20-34-18-16-32-14-12-30-11-13-31-15-17-33-19-21-35-24-9-7-23(8-10-24)26(28)29/h7-10H,2-6,11-22H2,1H3. The number of hydrogen-bond donors (Lipinski definition) is 0. The van der Waals surface area contributed by atoms with E-state index in [1.54, 1.807) is 12.1 Å². The molecule has 0 N–H and O–H groups in total. The van der Waals surface area contributed by atoms with Crippen molar-refractivity contribution in [3.8, 4) is 5.75 Å². The number of nitro benzene ring substituents is 1. The molecule has 36 heavy (non-hydrogen) atoms. The van der Waals surface area contributed by atoms with Gasteiger partial charge in [-0.1, -0.05) is 26.2 Å². The Balaban J connectivity index is 1.74. The smallest absolute Gasteiger partial charge is 0.305 e. The van der Waals surface area contributed by atoms with E-state index in [1.165, 1.54) is 12.1 Å². The Kier molecular flexibility index (Phi) is 20.4. The van der Waals surface area contributed by atoms with Crippen molar-refractivity contribution in [2.45, 2.75) is 39.0 Å². The second-order valence-corrected chi connectivity index (χ2v) is 7.69. The summed E-state index contributed by atoms with van der Waals surface area (Å²) in [5, 5.41) is 10.6. The molecule has 0 aliphatic rings. The zero-order chi connectivity index (χ0) is 26.1. The molecule has 0 atom stereocenters. The van der Waals surface area contributed by atoms with E-state index in [0.29, 0.717) is 84.8 Å². The first-order valence-corrected chi connectivity index (χ1v) is 12.5. The molecule has 0 amide bonds. The summed E-state index contributed by atoms with van der Waals surface area (Å²) in [5.74, 6) is 0.395. The van der Waals surface area contributed by atoms with Gasteiger partial charge in [-0.25, -0.2) is 0 Å². The molecule has 1 rings (SSSR count). The van der Waals surface area contributed by atoms with E-state index < -0.39 is 4.92 Å². The van der Waals surface area contributed by atoms with Crippen molar-refractivity contribution < 1.29 is 42.9 Å². The van der Waals surface area contributed by atoms with Crippen molar-refractivity contribution in [2.24, 2.45) is 0 Å². The summed E-state index contributed by atoms with van der Waals surface area (Å²) in [6, 6.07) is 5.90. The fourth-order valence-corrected chi connectivity index (χ4v) is 2.85. The van der Waals surface area contributed by atoms with Crippen LogP contribution in [0.5, 0.6) is 5.75 Å². The lowest BCUT2D eigenvalue weighted by Gasteiger charge is -2.09. The van der Waals surface area contributed by atoms with Gasteiger partial charge in [-0.2, -0.15) is 0 Å². The summed E-state index contributed by atoms with van der Waals surface area (Å²) >= 11 is 0. The largest absolute Gasteiger partial charge is 0.491 e. The third-order valence-electron chi connectivity index (χ3n) is 4.76. The van der Waals surface area contributed by atoms with Crippen molar-refractivity contribution in [2.75, 3.05) is 79.3 Å². The Morgan fingerprint density at radius 3 is 1.64 bits per heavy atom. The maximum atomic E-state index is 11.5. The van der Waals surface area contributed by atoms with Crippen molar-refractivity contribution in [3.05, 3.63) is 34.4 Å². The summed E-state index contributed by atoms with van der Waals surface area (Å²) in [6.07, 6.45) is 4.73. The van der Waals surface area contributed by atoms with Crippen LogP contribution >= 0.6 is 0 Å². The summed E-state index contributed by atoms with van der Waals surface area (Å²) in [7, 11) is 0. The molecule has 0 unspecified atom stereocenters. The van der Waals surface area contributed by atoms with Crippen molar-refractivity contribution >= 4 is 11.7 Å².